The summed E-state index contributed by atoms with van der Waals surface area (Å²) in [5, 5.41) is 18.5. The largest absolute Gasteiger partial charge is 0.492 e. The van der Waals surface area contributed by atoms with E-state index >= 15 is 0 Å². The van der Waals surface area contributed by atoms with E-state index in [1.165, 1.54) is 6.26 Å². The molecule has 0 aliphatic rings. The predicted octanol–water partition coefficient (Wildman–Crippen LogP) is 1.52. The highest BCUT2D eigenvalue weighted by atomic mass is 28.4. The number of hydrogen-bond acceptors (Lipinski definition) is 4. The lowest BCUT2D eigenvalue weighted by Crippen LogP contribution is -2.41. The molecule has 1 rings (SSSR count). The predicted molar refractivity (Wildman–Crippen MR) is 75.4 cm³/mol. The zero-order valence-corrected chi connectivity index (χ0v) is 12.9. The van der Waals surface area contributed by atoms with Crippen molar-refractivity contribution in [1.82, 2.24) is 0 Å². The fraction of sp³-hybridized carbons (Fsp3) is 0.667. The van der Waals surface area contributed by atoms with E-state index in [0.29, 0.717) is 24.3 Å². The summed E-state index contributed by atoms with van der Waals surface area (Å²) in [6.07, 6.45) is 2.03. The molecule has 1 aromatic rings. The SMILES string of the molecule is CC(C)(C)[Si](C)(C)OCCc1occc1B(O)O. The first-order valence-corrected chi connectivity index (χ1v) is 9.12. The maximum absolute atomic E-state index is 9.15. The Morgan fingerprint density at radius 2 is 1.94 bits per heavy atom. The third kappa shape index (κ3) is 3.72. The first-order valence-electron chi connectivity index (χ1n) is 6.21. The van der Waals surface area contributed by atoms with Gasteiger partial charge in [-0.3, -0.25) is 0 Å². The molecule has 0 saturated carbocycles. The Morgan fingerprint density at radius 1 is 1.33 bits per heavy atom. The van der Waals surface area contributed by atoms with E-state index in [-0.39, 0.29) is 5.04 Å². The summed E-state index contributed by atoms with van der Waals surface area (Å²) in [4.78, 5) is 0. The summed E-state index contributed by atoms with van der Waals surface area (Å²) in [6, 6.07) is 1.58. The van der Waals surface area contributed by atoms with E-state index in [2.05, 4.69) is 33.9 Å². The molecule has 4 nitrogen and oxygen atoms in total. The quantitative estimate of drug-likeness (QED) is 0.796. The molecule has 0 fully saturated rings. The van der Waals surface area contributed by atoms with Gasteiger partial charge in [0.15, 0.2) is 8.32 Å². The van der Waals surface area contributed by atoms with Gasteiger partial charge in [-0.25, -0.2) is 0 Å². The first kappa shape index (κ1) is 15.5. The van der Waals surface area contributed by atoms with Crippen molar-refractivity contribution in [2.75, 3.05) is 6.61 Å². The van der Waals surface area contributed by atoms with Crippen LogP contribution in [0.3, 0.4) is 0 Å². The van der Waals surface area contributed by atoms with Crippen LogP contribution in [0, 0.1) is 0 Å². The number of rotatable bonds is 5. The Labute approximate surface area is 110 Å². The molecule has 0 amide bonds. The van der Waals surface area contributed by atoms with Crippen molar-refractivity contribution < 1.29 is 18.9 Å². The van der Waals surface area contributed by atoms with Crippen LogP contribution in [-0.4, -0.2) is 32.1 Å². The third-order valence-electron chi connectivity index (χ3n) is 3.66. The molecule has 0 spiro atoms. The summed E-state index contributed by atoms with van der Waals surface area (Å²) in [6.45, 7) is 11.5. The second-order valence-electron chi connectivity index (χ2n) is 6.03. The van der Waals surface area contributed by atoms with Gasteiger partial charge in [0, 0.05) is 18.5 Å². The molecule has 18 heavy (non-hydrogen) atoms. The smallest absolute Gasteiger partial charge is 0.470 e. The normalized spacial score (nSPS) is 12.8. The van der Waals surface area contributed by atoms with Crippen molar-refractivity contribution >= 4 is 20.9 Å². The summed E-state index contributed by atoms with van der Waals surface area (Å²) >= 11 is 0. The Kier molecular flexibility index (Phi) is 4.83. The fourth-order valence-electron chi connectivity index (χ4n) is 1.40. The Bertz CT molecular complexity index is 382. The molecule has 102 valence electrons. The second-order valence-corrected chi connectivity index (χ2v) is 10.8. The van der Waals surface area contributed by atoms with Crippen molar-refractivity contribution in [2.24, 2.45) is 0 Å². The van der Waals surface area contributed by atoms with Gasteiger partial charge in [0.2, 0.25) is 0 Å². The molecule has 0 bridgehead atoms. The highest BCUT2D eigenvalue weighted by Crippen LogP contribution is 2.36. The van der Waals surface area contributed by atoms with Crippen molar-refractivity contribution in [3.8, 4) is 0 Å². The van der Waals surface area contributed by atoms with E-state index in [0.717, 1.165) is 0 Å². The minimum Gasteiger partial charge on any atom is -0.470 e. The van der Waals surface area contributed by atoms with Gasteiger partial charge in [-0.2, -0.15) is 0 Å². The van der Waals surface area contributed by atoms with Gasteiger partial charge in [0.1, 0.15) is 5.76 Å². The Morgan fingerprint density at radius 3 is 2.44 bits per heavy atom. The number of hydrogen-bond donors (Lipinski definition) is 2. The van der Waals surface area contributed by atoms with Crippen LogP contribution >= 0.6 is 0 Å². The molecular weight excluding hydrogens is 247 g/mol. The molecule has 0 aromatic carbocycles. The summed E-state index contributed by atoms with van der Waals surface area (Å²) in [5.41, 5.74) is 0.425. The summed E-state index contributed by atoms with van der Waals surface area (Å²) < 4.78 is 11.3. The van der Waals surface area contributed by atoms with Crippen LogP contribution in [0.15, 0.2) is 16.7 Å². The third-order valence-corrected chi connectivity index (χ3v) is 8.19. The van der Waals surface area contributed by atoms with Crippen molar-refractivity contribution in [1.29, 1.82) is 0 Å². The monoisotopic (exact) mass is 270 g/mol. The topological polar surface area (TPSA) is 62.8 Å². The maximum Gasteiger partial charge on any atom is 0.492 e. The fourth-order valence-corrected chi connectivity index (χ4v) is 2.44. The van der Waals surface area contributed by atoms with Crippen molar-refractivity contribution in [2.45, 2.75) is 45.3 Å². The van der Waals surface area contributed by atoms with Gasteiger partial charge in [0.05, 0.1) is 6.26 Å². The minimum atomic E-state index is -1.75. The molecule has 2 N–H and O–H groups in total. The van der Waals surface area contributed by atoms with Gasteiger partial charge in [-0.15, -0.1) is 0 Å². The van der Waals surface area contributed by atoms with E-state index < -0.39 is 15.4 Å². The van der Waals surface area contributed by atoms with E-state index in [4.69, 9.17) is 18.9 Å². The summed E-state index contributed by atoms with van der Waals surface area (Å²) in [5.74, 6) is 0.587. The standard InChI is InChI=1S/C12H23BO4Si/c1-12(2,3)18(4,5)17-9-7-11-10(13(14)15)6-8-16-11/h6,8,14-15H,7,9H2,1-5H3. The second kappa shape index (κ2) is 5.61. The van der Waals surface area contributed by atoms with Crippen LogP contribution in [-0.2, 0) is 10.8 Å². The molecule has 0 radical (unpaired) electrons. The number of furan rings is 1. The highest BCUT2D eigenvalue weighted by Gasteiger charge is 2.37. The van der Waals surface area contributed by atoms with Gasteiger partial charge >= 0.3 is 7.12 Å². The molecule has 0 aliphatic heterocycles. The van der Waals surface area contributed by atoms with E-state index in [1.807, 2.05) is 0 Å². The van der Waals surface area contributed by atoms with Gasteiger partial charge < -0.3 is 18.9 Å². The molecule has 0 atom stereocenters. The van der Waals surface area contributed by atoms with E-state index in [9.17, 15) is 0 Å². The highest BCUT2D eigenvalue weighted by molar-refractivity contribution is 6.74. The van der Waals surface area contributed by atoms with Crippen molar-refractivity contribution in [3.05, 3.63) is 18.1 Å². The molecule has 6 heteroatoms. The molecule has 1 aromatic heterocycles. The Hall–Kier alpha value is -0.558. The molecule has 1 heterocycles. The van der Waals surface area contributed by atoms with Crippen molar-refractivity contribution in [3.63, 3.8) is 0 Å². The average Bonchev–Trinajstić information content (AvgIpc) is 2.63. The molecule has 0 aliphatic carbocycles. The summed E-state index contributed by atoms with van der Waals surface area (Å²) in [7, 11) is -3.23. The van der Waals surface area contributed by atoms with Crippen LogP contribution in [0.1, 0.15) is 26.5 Å². The zero-order valence-electron chi connectivity index (χ0n) is 11.9. The Balaban J connectivity index is 2.54. The van der Waals surface area contributed by atoms with Crippen LogP contribution in [0.4, 0.5) is 0 Å². The minimum absolute atomic E-state index is 0.176. The van der Waals surface area contributed by atoms with Crippen LogP contribution in [0.5, 0.6) is 0 Å². The van der Waals surface area contributed by atoms with Crippen LogP contribution < -0.4 is 5.46 Å². The van der Waals surface area contributed by atoms with E-state index in [1.54, 1.807) is 6.07 Å². The van der Waals surface area contributed by atoms with Crippen LogP contribution in [0.25, 0.3) is 0 Å². The molecular formula is C12H23BO4Si. The lowest BCUT2D eigenvalue weighted by Gasteiger charge is -2.36. The molecule has 0 unspecified atom stereocenters. The first-order chi connectivity index (χ1) is 8.15. The average molecular weight is 270 g/mol. The van der Waals surface area contributed by atoms with Gasteiger partial charge in [-0.1, -0.05) is 20.8 Å². The van der Waals surface area contributed by atoms with Gasteiger partial charge in [-0.05, 0) is 24.2 Å². The van der Waals surface area contributed by atoms with Gasteiger partial charge in [0.25, 0.3) is 0 Å². The lowest BCUT2D eigenvalue weighted by atomic mass is 9.80. The van der Waals surface area contributed by atoms with Crippen LogP contribution in [0.2, 0.25) is 18.1 Å². The lowest BCUT2D eigenvalue weighted by molar-refractivity contribution is 0.282. The zero-order chi connectivity index (χ0) is 14.0. The maximum atomic E-state index is 9.15. The molecule has 0 saturated heterocycles.